The molecule has 0 saturated heterocycles. The largest absolute Gasteiger partial charge is 0.493 e. The third-order valence-corrected chi connectivity index (χ3v) is 4.16. The molecule has 0 unspecified atom stereocenters. The molecule has 106 valence electrons. The highest BCUT2D eigenvalue weighted by atomic mass is 32.1. The fraction of sp³-hybridized carbons (Fsp3) is 0.0667. The molecule has 0 atom stereocenters. The minimum atomic E-state index is 0.111. The van der Waals surface area contributed by atoms with Crippen molar-refractivity contribution in [3.8, 4) is 11.6 Å². The Labute approximate surface area is 130 Å². The molecule has 0 amide bonds. The lowest BCUT2D eigenvalue weighted by atomic mass is 10.3. The van der Waals surface area contributed by atoms with Crippen molar-refractivity contribution in [3.05, 3.63) is 63.3 Å². The van der Waals surface area contributed by atoms with Crippen molar-refractivity contribution in [1.82, 2.24) is 4.57 Å². The molecule has 2 heterocycles. The standard InChI is InChI=1S/C15H12N2O2S2/c18-14-13(10-16-9-12-7-4-8-19-12)21-15(20)17(14)11-5-2-1-3-6-11/h1-8,10,18H,9H2. The lowest BCUT2D eigenvalue weighted by molar-refractivity contribution is 0.441. The molecule has 6 heteroatoms. The molecule has 0 radical (unpaired) electrons. The van der Waals surface area contributed by atoms with Crippen LogP contribution in [0.3, 0.4) is 0 Å². The van der Waals surface area contributed by atoms with Gasteiger partial charge in [0.25, 0.3) is 0 Å². The number of aromatic nitrogens is 1. The summed E-state index contributed by atoms with van der Waals surface area (Å²) in [4.78, 5) is 4.90. The van der Waals surface area contributed by atoms with E-state index in [1.807, 2.05) is 42.5 Å². The van der Waals surface area contributed by atoms with Crippen LogP contribution in [0.1, 0.15) is 10.6 Å². The Balaban J connectivity index is 1.88. The predicted molar refractivity (Wildman–Crippen MR) is 86.2 cm³/mol. The van der Waals surface area contributed by atoms with E-state index in [0.717, 1.165) is 11.4 Å². The molecule has 0 aliphatic carbocycles. The Morgan fingerprint density at radius 1 is 1.24 bits per heavy atom. The molecule has 0 fully saturated rings. The van der Waals surface area contributed by atoms with Crippen molar-refractivity contribution in [2.45, 2.75) is 6.54 Å². The van der Waals surface area contributed by atoms with Crippen LogP contribution in [0, 0.1) is 3.95 Å². The molecular formula is C15H12N2O2S2. The minimum absolute atomic E-state index is 0.111. The fourth-order valence-electron chi connectivity index (χ4n) is 1.89. The average Bonchev–Trinajstić information content (AvgIpc) is 3.09. The third kappa shape index (κ3) is 2.96. The number of aromatic hydroxyl groups is 1. The summed E-state index contributed by atoms with van der Waals surface area (Å²) in [7, 11) is 0. The quantitative estimate of drug-likeness (QED) is 0.580. The third-order valence-electron chi connectivity index (χ3n) is 2.86. The number of hydrogen-bond donors (Lipinski definition) is 1. The molecule has 2 aromatic heterocycles. The molecule has 0 aliphatic rings. The molecule has 0 saturated carbocycles. The van der Waals surface area contributed by atoms with E-state index in [4.69, 9.17) is 16.6 Å². The van der Waals surface area contributed by atoms with E-state index in [1.54, 1.807) is 17.0 Å². The van der Waals surface area contributed by atoms with Gasteiger partial charge in [-0.05, 0) is 36.5 Å². The van der Waals surface area contributed by atoms with Gasteiger partial charge in [0.2, 0.25) is 5.88 Å². The van der Waals surface area contributed by atoms with Crippen LogP contribution in [0.4, 0.5) is 0 Å². The number of aliphatic imine (C=N–C) groups is 1. The van der Waals surface area contributed by atoms with E-state index >= 15 is 0 Å². The molecule has 1 N–H and O–H groups in total. The highest BCUT2D eigenvalue weighted by Crippen LogP contribution is 2.28. The maximum Gasteiger partial charge on any atom is 0.216 e. The zero-order chi connectivity index (χ0) is 14.7. The molecule has 0 bridgehead atoms. The zero-order valence-electron chi connectivity index (χ0n) is 11.0. The Morgan fingerprint density at radius 2 is 2.05 bits per heavy atom. The minimum Gasteiger partial charge on any atom is -0.493 e. The lowest BCUT2D eigenvalue weighted by Gasteiger charge is -2.03. The molecule has 0 spiro atoms. The summed E-state index contributed by atoms with van der Waals surface area (Å²) in [6.45, 7) is 0.433. The van der Waals surface area contributed by atoms with Gasteiger partial charge in [-0.25, -0.2) is 0 Å². The number of nitrogens with zero attached hydrogens (tertiary/aromatic N) is 2. The summed E-state index contributed by atoms with van der Waals surface area (Å²) in [5.74, 6) is 0.885. The van der Waals surface area contributed by atoms with Crippen LogP contribution in [0.5, 0.6) is 5.88 Å². The Bertz CT molecular complexity index is 802. The van der Waals surface area contributed by atoms with E-state index in [9.17, 15) is 5.11 Å². The highest BCUT2D eigenvalue weighted by Gasteiger charge is 2.11. The first-order valence-corrected chi connectivity index (χ1v) is 7.50. The predicted octanol–water partition coefficient (Wildman–Crippen LogP) is 4.19. The van der Waals surface area contributed by atoms with Gasteiger partial charge in [-0.15, -0.1) is 0 Å². The zero-order valence-corrected chi connectivity index (χ0v) is 12.6. The van der Waals surface area contributed by atoms with Gasteiger partial charge < -0.3 is 9.52 Å². The number of para-hydroxylation sites is 1. The maximum atomic E-state index is 10.3. The number of rotatable bonds is 4. The number of benzene rings is 1. The van der Waals surface area contributed by atoms with Crippen LogP contribution in [0.25, 0.3) is 5.69 Å². The second kappa shape index (κ2) is 6.07. The number of hydrogen-bond acceptors (Lipinski definition) is 5. The van der Waals surface area contributed by atoms with Gasteiger partial charge in [0.15, 0.2) is 3.95 Å². The maximum absolute atomic E-state index is 10.3. The summed E-state index contributed by atoms with van der Waals surface area (Å²) >= 11 is 6.63. The van der Waals surface area contributed by atoms with Crippen LogP contribution >= 0.6 is 23.6 Å². The van der Waals surface area contributed by atoms with Crippen LogP contribution in [-0.2, 0) is 6.54 Å². The second-order valence-electron chi connectivity index (χ2n) is 4.28. The van der Waals surface area contributed by atoms with Crippen molar-refractivity contribution in [2.75, 3.05) is 0 Å². The van der Waals surface area contributed by atoms with Crippen molar-refractivity contribution in [3.63, 3.8) is 0 Å². The molecule has 3 rings (SSSR count). The van der Waals surface area contributed by atoms with Gasteiger partial charge >= 0.3 is 0 Å². The van der Waals surface area contributed by atoms with Crippen LogP contribution in [0.15, 0.2) is 58.1 Å². The first-order valence-electron chi connectivity index (χ1n) is 6.28. The monoisotopic (exact) mass is 316 g/mol. The SMILES string of the molecule is Oc1c(C=NCc2ccco2)sc(=S)n1-c1ccccc1. The van der Waals surface area contributed by atoms with Gasteiger partial charge in [0.1, 0.15) is 10.6 Å². The summed E-state index contributed by atoms with van der Waals surface area (Å²) in [6.07, 6.45) is 3.23. The van der Waals surface area contributed by atoms with Gasteiger partial charge in [-0.3, -0.25) is 9.56 Å². The van der Waals surface area contributed by atoms with Crippen molar-refractivity contribution in [2.24, 2.45) is 4.99 Å². The Kier molecular flexibility index (Phi) is 3.98. The summed E-state index contributed by atoms with van der Waals surface area (Å²) in [5.41, 5.74) is 0.835. The van der Waals surface area contributed by atoms with E-state index in [1.165, 1.54) is 11.3 Å². The van der Waals surface area contributed by atoms with Crippen molar-refractivity contribution >= 4 is 29.8 Å². The van der Waals surface area contributed by atoms with E-state index in [0.29, 0.717) is 15.4 Å². The normalized spacial score (nSPS) is 11.2. The smallest absolute Gasteiger partial charge is 0.216 e. The van der Waals surface area contributed by atoms with E-state index in [2.05, 4.69) is 4.99 Å². The van der Waals surface area contributed by atoms with Gasteiger partial charge in [0, 0.05) is 6.21 Å². The molecule has 0 aliphatic heterocycles. The Morgan fingerprint density at radius 3 is 2.76 bits per heavy atom. The first kappa shape index (κ1) is 13.8. The number of thiazole rings is 1. The van der Waals surface area contributed by atoms with Gasteiger partial charge in [-0.1, -0.05) is 29.5 Å². The summed E-state index contributed by atoms with van der Waals surface area (Å²) in [5, 5.41) is 10.3. The van der Waals surface area contributed by atoms with Gasteiger partial charge in [-0.2, -0.15) is 0 Å². The summed E-state index contributed by atoms with van der Waals surface area (Å²) in [6, 6.07) is 13.2. The van der Waals surface area contributed by atoms with E-state index in [-0.39, 0.29) is 5.88 Å². The Hall–Kier alpha value is -2.18. The molecule has 4 nitrogen and oxygen atoms in total. The molecular weight excluding hydrogens is 304 g/mol. The number of furan rings is 1. The summed E-state index contributed by atoms with van der Waals surface area (Å²) < 4.78 is 7.42. The lowest BCUT2D eigenvalue weighted by Crippen LogP contribution is -1.92. The average molecular weight is 316 g/mol. The van der Waals surface area contributed by atoms with Crippen LogP contribution in [0.2, 0.25) is 0 Å². The van der Waals surface area contributed by atoms with Crippen LogP contribution in [-0.4, -0.2) is 15.9 Å². The fourth-order valence-corrected chi connectivity index (χ4v) is 3.13. The van der Waals surface area contributed by atoms with Gasteiger partial charge in [0.05, 0.1) is 18.5 Å². The molecule has 21 heavy (non-hydrogen) atoms. The molecule has 3 aromatic rings. The van der Waals surface area contributed by atoms with Crippen LogP contribution < -0.4 is 0 Å². The van der Waals surface area contributed by atoms with Crippen molar-refractivity contribution < 1.29 is 9.52 Å². The molecule has 1 aromatic carbocycles. The topological polar surface area (TPSA) is 50.7 Å². The van der Waals surface area contributed by atoms with Crippen molar-refractivity contribution in [1.29, 1.82) is 0 Å². The first-order chi connectivity index (χ1) is 10.3. The van der Waals surface area contributed by atoms with E-state index < -0.39 is 0 Å². The highest BCUT2D eigenvalue weighted by molar-refractivity contribution is 7.73. The second-order valence-corrected chi connectivity index (χ2v) is 5.95.